The Balaban J connectivity index is 0.000000252. The molecule has 2 unspecified atom stereocenters. The summed E-state index contributed by atoms with van der Waals surface area (Å²) < 4.78 is 42.4. The fourth-order valence-corrected chi connectivity index (χ4v) is 4.66. The highest BCUT2D eigenvalue weighted by atomic mass is 32.1. The lowest BCUT2D eigenvalue weighted by Crippen LogP contribution is -2.44. The molecule has 2 heterocycles. The number of anilines is 1. The van der Waals surface area contributed by atoms with E-state index >= 15 is 0 Å². The van der Waals surface area contributed by atoms with Gasteiger partial charge in [0.25, 0.3) is 0 Å². The first-order chi connectivity index (χ1) is 18.5. The minimum atomic E-state index is -4.52. The second-order valence-corrected chi connectivity index (χ2v) is 9.78. The fourth-order valence-electron chi connectivity index (χ4n) is 3.39. The third-order valence-electron chi connectivity index (χ3n) is 5.23. The van der Waals surface area contributed by atoms with Crippen molar-refractivity contribution in [2.45, 2.75) is 31.1 Å². The number of hydrogen-bond donors (Lipinski definition) is 4. The maximum atomic E-state index is 12.5. The van der Waals surface area contributed by atoms with E-state index in [0.717, 1.165) is 27.8 Å². The van der Waals surface area contributed by atoms with Crippen LogP contribution in [0.5, 0.6) is 0 Å². The van der Waals surface area contributed by atoms with Crippen LogP contribution in [0.15, 0.2) is 66.0 Å². The van der Waals surface area contributed by atoms with Crippen molar-refractivity contribution in [2.75, 3.05) is 12.4 Å². The zero-order valence-corrected chi connectivity index (χ0v) is 22.9. The van der Waals surface area contributed by atoms with Crippen molar-refractivity contribution in [2.24, 2.45) is 0 Å². The first-order valence-electron chi connectivity index (χ1n) is 11.4. The van der Waals surface area contributed by atoms with Gasteiger partial charge in [-0.15, -0.1) is 11.3 Å². The van der Waals surface area contributed by atoms with E-state index in [1.54, 1.807) is 0 Å². The SMILES string of the molecule is COC(=O)C(Cc1ccccc1)NC(=S)Nc1nc(C(F)(F)F)cs1.O=C1NC(=S)NC1Cc1ccccc1. The normalized spacial score (nSPS) is 15.2. The van der Waals surface area contributed by atoms with Crippen LogP contribution in [0, 0.1) is 0 Å². The molecule has 14 heteroatoms. The number of halogens is 3. The Morgan fingerprint density at radius 1 is 1.13 bits per heavy atom. The molecule has 1 aromatic heterocycles. The number of carbonyl (C=O) groups excluding carboxylic acids is 2. The molecule has 0 bridgehead atoms. The van der Waals surface area contributed by atoms with Gasteiger partial charge in [-0.1, -0.05) is 60.7 Å². The molecule has 206 valence electrons. The zero-order valence-electron chi connectivity index (χ0n) is 20.5. The molecule has 1 saturated heterocycles. The van der Waals surface area contributed by atoms with Crippen LogP contribution in [-0.4, -0.2) is 46.3 Å². The van der Waals surface area contributed by atoms with Crippen molar-refractivity contribution >= 4 is 63.0 Å². The molecule has 3 aromatic rings. The van der Waals surface area contributed by atoms with Crippen molar-refractivity contribution in [1.29, 1.82) is 0 Å². The van der Waals surface area contributed by atoms with Gasteiger partial charge in [-0.2, -0.15) is 13.2 Å². The summed E-state index contributed by atoms with van der Waals surface area (Å²) in [5.74, 6) is -0.582. The van der Waals surface area contributed by atoms with Crippen molar-refractivity contribution in [3.63, 3.8) is 0 Å². The van der Waals surface area contributed by atoms with Gasteiger partial charge in [0.2, 0.25) is 5.91 Å². The summed E-state index contributed by atoms with van der Waals surface area (Å²) in [7, 11) is 1.24. The highest BCUT2D eigenvalue weighted by Crippen LogP contribution is 2.31. The largest absolute Gasteiger partial charge is 0.467 e. The van der Waals surface area contributed by atoms with E-state index in [4.69, 9.17) is 29.2 Å². The highest BCUT2D eigenvalue weighted by molar-refractivity contribution is 7.80. The fraction of sp³-hybridized carbons (Fsp3) is 0.240. The molecule has 2 atom stereocenters. The number of esters is 1. The zero-order chi connectivity index (χ0) is 28.4. The van der Waals surface area contributed by atoms with Crippen molar-refractivity contribution in [3.05, 3.63) is 82.9 Å². The van der Waals surface area contributed by atoms with Crippen molar-refractivity contribution < 1.29 is 27.5 Å². The Labute approximate surface area is 237 Å². The number of nitrogens with one attached hydrogen (secondary N) is 4. The maximum absolute atomic E-state index is 12.5. The number of aromatic nitrogens is 1. The van der Waals surface area contributed by atoms with Crippen molar-refractivity contribution in [3.8, 4) is 0 Å². The van der Waals surface area contributed by atoms with Gasteiger partial charge in [-0.05, 0) is 35.6 Å². The summed E-state index contributed by atoms with van der Waals surface area (Å²) >= 11 is 10.7. The predicted octanol–water partition coefficient (Wildman–Crippen LogP) is 3.83. The summed E-state index contributed by atoms with van der Waals surface area (Å²) in [6.07, 6.45) is -3.54. The highest BCUT2D eigenvalue weighted by Gasteiger charge is 2.34. The number of alkyl halides is 3. The number of carbonyl (C=O) groups is 2. The third-order valence-corrected chi connectivity index (χ3v) is 6.43. The Hall–Kier alpha value is -3.62. The molecular formula is C25H24F3N5O3S3. The number of amides is 1. The van der Waals surface area contributed by atoms with Gasteiger partial charge in [0.1, 0.15) is 12.1 Å². The number of methoxy groups -OCH3 is 1. The van der Waals surface area contributed by atoms with E-state index in [-0.39, 0.29) is 22.2 Å². The van der Waals surface area contributed by atoms with E-state index in [9.17, 15) is 22.8 Å². The van der Waals surface area contributed by atoms with E-state index in [1.165, 1.54) is 7.11 Å². The lowest BCUT2D eigenvalue weighted by molar-refractivity contribution is -0.142. The number of thiazole rings is 1. The summed E-state index contributed by atoms with van der Waals surface area (Å²) in [5.41, 5.74) is 1.00. The Morgan fingerprint density at radius 3 is 2.26 bits per heavy atom. The number of ether oxygens (including phenoxy) is 1. The number of thiocarbonyl (C=S) groups is 2. The summed E-state index contributed by atoms with van der Waals surface area (Å²) in [6, 6.07) is 18.0. The standard InChI is InChI=1S/C15H14F3N3O2S2.C10H10N2OS/c1-23-12(22)10(7-9-5-3-2-4-6-9)19-13(24)21-14-20-11(8-25-14)15(16,17)18;13-9-8(11-10(14)12-9)6-7-4-2-1-3-5-7/h2-6,8,10H,7H2,1H3,(H2,19,20,21,24);1-5,8H,6H2,(H2,11,12,13,14). The topological polar surface area (TPSA) is 104 Å². The lowest BCUT2D eigenvalue weighted by atomic mass is 10.1. The molecule has 4 rings (SSSR count). The number of hydrogen-bond acceptors (Lipinski definition) is 7. The molecule has 0 saturated carbocycles. The monoisotopic (exact) mass is 595 g/mol. The Kier molecular flexibility index (Phi) is 10.7. The second-order valence-electron chi connectivity index (χ2n) is 8.10. The summed E-state index contributed by atoms with van der Waals surface area (Å²) in [4.78, 5) is 26.7. The van der Waals surface area contributed by atoms with Crippen LogP contribution >= 0.6 is 35.8 Å². The number of nitrogens with zero attached hydrogens (tertiary/aromatic N) is 1. The van der Waals surface area contributed by atoms with E-state index < -0.39 is 23.9 Å². The quantitative estimate of drug-likeness (QED) is 0.240. The molecule has 0 radical (unpaired) electrons. The van der Waals surface area contributed by atoms with Gasteiger partial charge < -0.3 is 26.0 Å². The molecule has 39 heavy (non-hydrogen) atoms. The molecule has 1 fully saturated rings. The van der Waals surface area contributed by atoms with Crippen LogP contribution in [0.3, 0.4) is 0 Å². The van der Waals surface area contributed by atoms with E-state index in [2.05, 4.69) is 26.3 Å². The molecule has 1 amide bonds. The molecule has 0 spiro atoms. The molecule has 8 nitrogen and oxygen atoms in total. The van der Waals surface area contributed by atoms with Gasteiger partial charge in [0.05, 0.1) is 7.11 Å². The maximum Gasteiger partial charge on any atom is 0.434 e. The average Bonchev–Trinajstić information content (AvgIpc) is 3.50. The van der Waals surface area contributed by atoms with Gasteiger partial charge >= 0.3 is 12.1 Å². The molecule has 1 aliphatic heterocycles. The molecular weight excluding hydrogens is 572 g/mol. The lowest BCUT2D eigenvalue weighted by Gasteiger charge is -2.18. The minimum Gasteiger partial charge on any atom is -0.467 e. The second kappa shape index (κ2) is 14.0. The summed E-state index contributed by atoms with van der Waals surface area (Å²) in [5, 5.41) is 12.1. The third kappa shape index (κ3) is 9.57. The number of rotatable bonds is 7. The van der Waals surface area contributed by atoms with Crippen LogP contribution in [-0.2, 0) is 33.3 Å². The Morgan fingerprint density at radius 2 is 1.74 bits per heavy atom. The van der Waals surface area contributed by atoms with Crippen LogP contribution in [0.4, 0.5) is 18.3 Å². The predicted molar refractivity (Wildman–Crippen MR) is 150 cm³/mol. The van der Waals surface area contributed by atoms with Crippen LogP contribution in [0.25, 0.3) is 0 Å². The van der Waals surface area contributed by atoms with Gasteiger partial charge in [0.15, 0.2) is 21.1 Å². The summed E-state index contributed by atoms with van der Waals surface area (Å²) in [6.45, 7) is 0. The first kappa shape index (κ1) is 29.9. The minimum absolute atomic E-state index is 0.0191. The van der Waals surface area contributed by atoms with Gasteiger partial charge in [-0.3, -0.25) is 4.79 Å². The van der Waals surface area contributed by atoms with Crippen LogP contribution < -0.4 is 21.3 Å². The smallest absolute Gasteiger partial charge is 0.434 e. The molecule has 0 aliphatic carbocycles. The van der Waals surface area contributed by atoms with Crippen LogP contribution in [0.2, 0.25) is 0 Å². The first-order valence-corrected chi connectivity index (χ1v) is 13.1. The van der Waals surface area contributed by atoms with Crippen LogP contribution in [0.1, 0.15) is 16.8 Å². The van der Waals surface area contributed by atoms with E-state index in [0.29, 0.717) is 18.0 Å². The molecule has 1 aliphatic rings. The molecule has 2 aromatic carbocycles. The van der Waals surface area contributed by atoms with Gasteiger partial charge in [0, 0.05) is 18.2 Å². The molecule has 4 N–H and O–H groups in total. The van der Waals surface area contributed by atoms with E-state index in [1.807, 2.05) is 60.7 Å². The Bertz CT molecular complexity index is 1290. The number of benzene rings is 2. The van der Waals surface area contributed by atoms with Crippen molar-refractivity contribution in [1.82, 2.24) is 20.9 Å². The average molecular weight is 596 g/mol. The van der Waals surface area contributed by atoms with Gasteiger partial charge in [-0.25, -0.2) is 9.78 Å².